The quantitative estimate of drug-likeness (QED) is 0.493. The first-order chi connectivity index (χ1) is 6.09. The molecule has 0 amide bonds. The number of benzene rings is 1. The highest BCUT2D eigenvalue weighted by Gasteiger charge is 1.97. The summed E-state index contributed by atoms with van der Waals surface area (Å²) in [4.78, 5) is 0.243. The second kappa shape index (κ2) is 3.91. The fraction of sp³-hybridized carbons (Fsp3) is 0. The van der Waals surface area contributed by atoms with Gasteiger partial charge in [-0.15, -0.1) is 0 Å². The van der Waals surface area contributed by atoms with Crippen LogP contribution in [0.15, 0.2) is 24.3 Å². The van der Waals surface area contributed by atoms with Crippen LogP contribution in [0.5, 0.6) is 11.5 Å². The molecule has 0 aliphatic carbocycles. The van der Waals surface area contributed by atoms with Crippen molar-refractivity contribution in [3.8, 4) is 11.5 Å². The number of nitrogens with two attached hydrogens (primary N) is 1. The van der Waals surface area contributed by atoms with E-state index in [0.717, 1.165) is 0 Å². The minimum Gasteiger partial charge on any atom is -0.508 e. The van der Waals surface area contributed by atoms with Gasteiger partial charge in [0.25, 0.3) is 0 Å². The van der Waals surface area contributed by atoms with Gasteiger partial charge in [0, 0.05) is 11.6 Å². The molecular formula is C9H9NO2S. The third-order valence-electron chi connectivity index (χ3n) is 1.44. The van der Waals surface area contributed by atoms with Gasteiger partial charge >= 0.3 is 0 Å². The zero-order valence-corrected chi connectivity index (χ0v) is 7.58. The van der Waals surface area contributed by atoms with E-state index in [1.54, 1.807) is 12.1 Å². The molecule has 0 atom stereocenters. The first-order valence-corrected chi connectivity index (χ1v) is 4.00. The maximum Gasteiger partial charge on any atom is 0.126 e. The molecule has 0 aliphatic heterocycles. The number of aromatic hydroxyl groups is 2. The number of hydrogen-bond acceptors (Lipinski definition) is 3. The molecule has 0 saturated carbocycles. The van der Waals surface area contributed by atoms with E-state index >= 15 is 0 Å². The molecule has 0 spiro atoms. The van der Waals surface area contributed by atoms with Crippen LogP contribution < -0.4 is 5.73 Å². The number of phenolic OH excluding ortho intramolecular Hbond substituents is 2. The second-order valence-electron chi connectivity index (χ2n) is 2.48. The Labute approximate surface area is 81.1 Å². The van der Waals surface area contributed by atoms with Crippen LogP contribution in [0.4, 0.5) is 0 Å². The zero-order valence-electron chi connectivity index (χ0n) is 6.77. The largest absolute Gasteiger partial charge is 0.508 e. The molecular weight excluding hydrogens is 186 g/mol. The van der Waals surface area contributed by atoms with Gasteiger partial charge in [-0.2, -0.15) is 0 Å². The van der Waals surface area contributed by atoms with Gasteiger partial charge < -0.3 is 15.9 Å². The summed E-state index contributed by atoms with van der Waals surface area (Å²) in [7, 11) is 0. The van der Waals surface area contributed by atoms with Gasteiger partial charge in [0.15, 0.2) is 0 Å². The van der Waals surface area contributed by atoms with Crippen LogP contribution in [-0.4, -0.2) is 15.2 Å². The van der Waals surface area contributed by atoms with Gasteiger partial charge in [-0.25, -0.2) is 0 Å². The van der Waals surface area contributed by atoms with E-state index in [9.17, 15) is 5.11 Å². The lowest BCUT2D eigenvalue weighted by Crippen LogP contribution is -2.01. The lowest BCUT2D eigenvalue weighted by atomic mass is 10.2. The summed E-state index contributed by atoms with van der Waals surface area (Å²) >= 11 is 4.62. The predicted molar refractivity (Wildman–Crippen MR) is 55.6 cm³/mol. The van der Waals surface area contributed by atoms with Crippen molar-refractivity contribution in [1.29, 1.82) is 0 Å². The fourth-order valence-electron chi connectivity index (χ4n) is 0.845. The highest BCUT2D eigenvalue weighted by molar-refractivity contribution is 7.80. The van der Waals surface area contributed by atoms with E-state index < -0.39 is 0 Å². The molecule has 0 bridgehead atoms. The van der Waals surface area contributed by atoms with E-state index in [4.69, 9.17) is 10.8 Å². The highest BCUT2D eigenvalue weighted by atomic mass is 32.1. The van der Waals surface area contributed by atoms with Gasteiger partial charge in [0.1, 0.15) is 11.5 Å². The lowest BCUT2D eigenvalue weighted by molar-refractivity contribution is 0.450. The molecule has 3 nitrogen and oxygen atoms in total. The van der Waals surface area contributed by atoms with Crippen molar-refractivity contribution >= 4 is 23.3 Å². The van der Waals surface area contributed by atoms with Crippen molar-refractivity contribution < 1.29 is 10.2 Å². The Balaban J connectivity index is 2.96. The number of thiocarbonyl (C=S) groups is 1. The molecule has 1 rings (SSSR count). The third kappa shape index (κ3) is 2.76. The molecule has 0 fully saturated rings. The van der Waals surface area contributed by atoms with Crippen molar-refractivity contribution in [3.63, 3.8) is 0 Å². The molecule has 13 heavy (non-hydrogen) atoms. The lowest BCUT2D eigenvalue weighted by Gasteiger charge is -1.98. The first-order valence-electron chi connectivity index (χ1n) is 3.59. The average molecular weight is 195 g/mol. The topological polar surface area (TPSA) is 66.5 Å². The van der Waals surface area contributed by atoms with Crippen LogP contribution >= 0.6 is 12.2 Å². The Morgan fingerprint density at radius 1 is 1.38 bits per heavy atom. The maximum atomic E-state index is 9.31. The third-order valence-corrected chi connectivity index (χ3v) is 1.58. The standard InChI is InChI=1S/C9H9NO2S/c10-9(13)4-2-6-1-3-7(11)5-8(6)12/h1-5,11-12H,(H2,10,13). The Hall–Kier alpha value is -1.55. The summed E-state index contributed by atoms with van der Waals surface area (Å²) in [6.45, 7) is 0. The molecule has 4 heteroatoms. The van der Waals surface area contributed by atoms with Crippen molar-refractivity contribution in [2.24, 2.45) is 5.73 Å². The maximum absolute atomic E-state index is 9.31. The fourth-order valence-corrected chi connectivity index (χ4v) is 0.913. The van der Waals surface area contributed by atoms with Gasteiger partial charge in [0.05, 0.1) is 4.99 Å². The first kappa shape index (κ1) is 9.54. The molecule has 1 aromatic rings. The van der Waals surface area contributed by atoms with Crippen molar-refractivity contribution in [2.45, 2.75) is 0 Å². The van der Waals surface area contributed by atoms with Crippen molar-refractivity contribution in [1.82, 2.24) is 0 Å². The monoisotopic (exact) mass is 195 g/mol. The predicted octanol–water partition coefficient (Wildman–Crippen LogP) is 1.40. The number of rotatable bonds is 2. The van der Waals surface area contributed by atoms with Crippen LogP contribution in [0, 0.1) is 0 Å². The number of phenols is 2. The molecule has 68 valence electrons. The summed E-state index contributed by atoms with van der Waals surface area (Å²) in [6.07, 6.45) is 3.08. The molecule has 0 unspecified atom stereocenters. The normalized spacial score (nSPS) is 10.5. The van der Waals surface area contributed by atoms with Crippen LogP contribution in [0.2, 0.25) is 0 Å². The smallest absolute Gasteiger partial charge is 0.126 e. The van der Waals surface area contributed by atoms with Crippen LogP contribution in [0.1, 0.15) is 5.56 Å². The molecule has 0 saturated heterocycles. The summed E-state index contributed by atoms with van der Waals surface area (Å²) in [6, 6.07) is 4.29. The Morgan fingerprint density at radius 2 is 2.08 bits per heavy atom. The molecule has 4 N–H and O–H groups in total. The Kier molecular flexibility index (Phi) is 2.87. The number of hydrogen-bond donors (Lipinski definition) is 3. The molecule has 1 aromatic carbocycles. The summed E-state index contributed by atoms with van der Waals surface area (Å²) in [5.41, 5.74) is 5.79. The van der Waals surface area contributed by atoms with E-state index in [0.29, 0.717) is 5.56 Å². The van der Waals surface area contributed by atoms with Crippen LogP contribution in [0.3, 0.4) is 0 Å². The zero-order chi connectivity index (χ0) is 9.84. The molecule has 0 aliphatic rings. The molecule has 0 heterocycles. The van der Waals surface area contributed by atoms with Crippen LogP contribution in [0.25, 0.3) is 6.08 Å². The van der Waals surface area contributed by atoms with E-state index in [1.807, 2.05) is 0 Å². The minimum atomic E-state index is -0.00694. The van der Waals surface area contributed by atoms with Gasteiger partial charge in [0.2, 0.25) is 0 Å². The van der Waals surface area contributed by atoms with Gasteiger partial charge in [-0.1, -0.05) is 12.2 Å². The van der Waals surface area contributed by atoms with E-state index in [2.05, 4.69) is 12.2 Å². The second-order valence-corrected chi connectivity index (χ2v) is 2.95. The SMILES string of the molecule is NC(=S)C=Cc1ccc(O)cc1O. The summed E-state index contributed by atoms with van der Waals surface area (Å²) < 4.78 is 0. The van der Waals surface area contributed by atoms with E-state index in [-0.39, 0.29) is 16.5 Å². The van der Waals surface area contributed by atoms with Crippen LogP contribution in [-0.2, 0) is 0 Å². The van der Waals surface area contributed by atoms with Gasteiger partial charge in [-0.3, -0.25) is 0 Å². The Morgan fingerprint density at radius 3 is 2.62 bits per heavy atom. The average Bonchev–Trinajstić information content (AvgIpc) is 2.02. The van der Waals surface area contributed by atoms with Crippen molar-refractivity contribution in [3.05, 3.63) is 29.8 Å². The highest BCUT2D eigenvalue weighted by Crippen LogP contribution is 2.23. The minimum absolute atomic E-state index is 0.00694. The molecule has 0 aromatic heterocycles. The summed E-state index contributed by atoms with van der Waals surface area (Å²) in [5.74, 6) is 0.0116. The van der Waals surface area contributed by atoms with Gasteiger partial charge in [-0.05, 0) is 24.3 Å². The molecule has 0 radical (unpaired) electrons. The van der Waals surface area contributed by atoms with E-state index in [1.165, 1.54) is 18.2 Å². The van der Waals surface area contributed by atoms with Crippen molar-refractivity contribution in [2.75, 3.05) is 0 Å². The summed E-state index contributed by atoms with van der Waals surface area (Å²) in [5, 5.41) is 18.3. The Bertz CT molecular complexity index is 361.